The molecule has 1 heterocycles. The lowest BCUT2D eigenvalue weighted by atomic mass is 10.1. The van der Waals surface area contributed by atoms with Crippen LogP contribution in [0.15, 0.2) is 24.5 Å². The monoisotopic (exact) mass is 214 g/mol. The first-order valence-electron chi connectivity index (χ1n) is 4.73. The Labute approximate surface area is 92.9 Å². The molecule has 80 valence electrons. The molecule has 0 atom stereocenters. The van der Waals surface area contributed by atoms with Crippen LogP contribution < -0.4 is 4.74 Å². The molecule has 0 bridgehead atoms. The predicted molar refractivity (Wildman–Crippen MR) is 57.0 cm³/mol. The van der Waals surface area contributed by atoms with Crippen LogP contribution in [-0.4, -0.2) is 14.8 Å². The van der Waals surface area contributed by atoms with Crippen LogP contribution in [0.25, 0.3) is 0 Å². The number of nitriles is 1. The third kappa shape index (κ3) is 2.01. The Morgan fingerprint density at radius 2 is 2.25 bits per heavy atom. The normalized spacial score (nSPS) is 9.81. The Bertz CT molecular complexity index is 553. The molecule has 0 radical (unpaired) electrons. The third-order valence-corrected chi connectivity index (χ3v) is 2.04. The van der Waals surface area contributed by atoms with Crippen molar-refractivity contribution in [2.45, 2.75) is 6.92 Å². The van der Waals surface area contributed by atoms with Gasteiger partial charge in [-0.3, -0.25) is 4.68 Å². The van der Waals surface area contributed by atoms with Gasteiger partial charge in [-0.1, -0.05) is 6.07 Å². The summed E-state index contributed by atoms with van der Waals surface area (Å²) in [6.07, 6.45) is 1.54. The zero-order valence-electron chi connectivity index (χ0n) is 9.01. The summed E-state index contributed by atoms with van der Waals surface area (Å²) >= 11 is 0. The maximum absolute atomic E-state index is 8.92. The number of aromatic nitrogens is 3. The lowest BCUT2D eigenvalue weighted by Crippen LogP contribution is -1.92. The van der Waals surface area contributed by atoms with Gasteiger partial charge in [0.2, 0.25) is 0 Å². The van der Waals surface area contributed by atoms with Crippen LogP contribution >= 0.6 is 0 Å². The summed E-state index contributed by atoms with van der Waals surface area (Å²) < 4.78 is 6.98. The van der Waals surface area contributed by atoms with Crippen LogP contribution in [0.1, 0.15) is 11.1 Å². The number of benzene rings is 1. The first-order chi connectivity index (χ1) is 7.69. The van der Waals surface area contributed by atoms with Gasteiger partial charge in [0, 0.05) is 7.05 Å². The van der Waals surface area contributed by atoms with E-state index in [9.17, 15) is 0 Å². The van der Waals surface area contributed by atoms with Gasteiger partial charge in [-0.25, -0.2) is 0 Å². The molecular formula is C11H10N4O. The molecule has 2 rings (SSSR count). The summed E-state index contributed by atoms with van der Waals surface area (Å²) in [6, 6.07) is 7.66. The molecule has 5 nitrogen and oxygen atoms in total. The molecule has 0 spiro atoms. The van der Waals surface area contributed by atoms with Crippen LogP contribution in [0.3, 0.4) is 0 Å². The van der Waals surface area contributed by atoms with Crippen molar-refractivity contribution in [2.24, 2.45) is 7.05 Å². The van der Waals surface area contributed by atoms with Gasteiger partial charge < -0.3 is 4.74 Å². The topological polar surface area (TPSA) is 63.7 Å². The lowest BCUT2D eigenvalue weighted by Gasteiger charge is -2.03. The third-order valence-electron chi connectivity index (χ3n) is 2.04. The molecule has 0 amide bonds. The quantitative estimate of drug-likeness (QED) is 0.764. The average molecular weight is 214 g/mol. The van der Waals surface area contributed by atoms with E-state index in [-0.39, 0.29) is 6.01 Å². The number of hydrogen-bond acceptors (Lipinski definition) is 4. The molecule has 0 unspecified atom stereocenters. The minimum Gasteiger partial charge on any atom is -0.422 e. The van der Waals surface area contributed by atoms with E-state index in [0.717, 1.165) is 5.56 Å². The Morgan fingerprint density at radius 1 is 1.44 bits per heavy atom. The van der Waals surface area contributed by atoms with E-state index in [1.54, 1.807) is 19.2 Å². The van der Waals surface area contributed by atoms with Gasteiger partial charge in [0.15, 0.2) is 0 Å². The molecule has 0 aliphatic rings. The van der Waals surface area contributed by atoms with Crippen molar-refractivity contribution in [2.75, 3.05) is 0 Å². The fraction of sp³-hybridized carbons (Fsp3) is 0.182. The predicted octanol–water partition coefficient (Wildman–Crippen LogP) is 1.79. The van der Waals surface area contributed by atoms with E-state index in [4.69, 9.17) is 10.00 Å². The molecule has 2 aromatic rings. The number of hydrogen-bond donors (Lipinski definition) is 0. The minimum atomic E-state index is 0.240. The molecule has 0 N–H and O–H groups in total. The molecule has 0 saturated heterocycles. The zero-order chi connectivity index (χ0) is 11.5. The summed E-state index contributed by atoms with van der Waals surface area (Å²) in [4.78, 5) is 3.94. The van der Waals surface area contributed by atoms with Gasteiger partial charge in [-0.15, -0.1) is 5.10 Å². The molecule has 16 heavy (non-hydrogen) atoms. The van der Waals surface area contributed by atoms with E-state index in [2.05, 4.69) is 16.2 Å². The van der Waals surface area contributed by atoms with Gasteiger partial charge in [-0.2, -0.15) is 10.2 Å². The largest absolute Gasteiger partial charge is 0.422 e. The van der Waals surface area contributed by atoms with Crippen molar-refractivity contribution in [1.29, 1.82) is 5.26 Å². The van der Waals surface area contributed by atoms with Crippen molar-refractivity contribution in [1.82, 2.24) is 14.8 Å². The van der Waals surface area contributed by atoms with Gasteiger partial charge in [0.05, 0.1) is 5.56 Å². The van der Waals surface area contributed by atoms with E-state index >= 15 is 0 Å². The Balaban J connectivity index is 2.34. The molecule has 0 aliphatic carbocycles. The summed E-state index contributed by atoms with van der Waals surface area (Å²) in [5.41, 5.74) is 1.49. The number of rotatable bonds is 2. The van der Waals surface area contributed by atoms with Crippen molar-refractivity contribution < 1.29 is 4.74 Å². The first-order valence-corrected chi connectivity index (χ1v) is 4.73. The highest BCUT2D eigenvalue weighted by atomic mass is 16.5. The standard InChI is InChI=1S/C11H10N4O/c1-8-3-4-9(6-12)10(5-8)16-11-13-7-15(2)14-11/h3-5,7H,1-2H3. The SMILES string of the molecule is Cc1ccc(C#N)c(Oc2ncn(C)n2)c1. The summed E-state index contributed by atoms with van der Waals surface area (Å²) in [5, 5.41) is 12.9. The zero-order valence-corrected chi connectivity index (χ0v) is 9.01. The maximum atomic E-state index is 8.92. The molecule has 5 heteroatoms. The van der Waals surface area contributed by atoms with E-state index in [1.807, 2.05) is 13.0 Å². The van der Waals surface area contributed by atoms with E-state index in [0.29, 0.717) is 11.3 Å². The highest BCUT2D eigenvalue weighted by Gasteiger charge is 2.07. The second-order valence-corrected chi connectivity index (χ2v) is 3.41. The Kier molecular flexibility index (Phi) is 2.56. The van der Waals surface area contributed by atoms with Crippen molar-refractivity contribution in [3.05, 3.63) is 35.7 Å². The number of ether oxygens (including phenoxy) is 1. The minimum absolute atomic E-state index is 0.240. The fourth-order valence-corrected chi connectivity index (χ4v) is 1.27. The van der Waals surface area contributed by atoms with Crippen molar-refractivity contribution in [3.63, 3.8) is 0 Å². The highest BCUT2D eigenvalue weighted by Crippen LogP contribution is 2.23. The molecule has 0 fully saturated rings. The molecule has 0 saturated carbocycles. The van der Waals surface area contributed by atoms with E-state index in [1.165, 1.54) is 11.0 Å². The highest BCUT2D eigenvalue weighted by molar-refractivity contribution is 5.45. The van der Waals surface area contributed by atoms with Crippen LogP contribution in [0, 0.1) is 18.3 Å². The van der Waals surface area contributed by atoms with Crippen LogP contribution in [0.4, 0.5) is 0 Å². The first kappa shape index (κ1) is 10.2. The van der Waals surface area contributed by atoms with Crippen LogP contribution in [0.2, 0.25) is 0 Å². The van der Waals surface area contributed by atoms with Crippen molar-refractivity contribution >= 4 is 0 Å². The fourth-order valence-electron chi connectivity index (χ4n) is 1.27. The number of nitrogens with zero attached hydrogens (tertiary/aromatic N) is 4. The van der Waals surface area contributed by atoms with E-state index < -0.39 is 0 Å². The number of aryl methyl sites for hydroxylation is 2. The van der Waals surface area contributed by atoms with Crippen LogP contribution in [0.5, 0.6) is 11.8 Å². The maximum Gasteiger partial charge on any atom is 0.341 e. The average Bonchev–Trinajstić information content (AvgIpc) is 2.64. The van der Waals surface area contributed by atoms with Gasteiger partial charge in [-0.05, 0) is 24.6 Å². The summed E-state index contributed by atoms with van der Waals surface area (Å²) in [6.45, 7) is 1.93. The molecule has 1 aromatic carbocycles. The Hall–Kier alpha value is -2.35. The van der Waals surface area contributed by atoms with Crippen molar-refractivity contribution in [3.8, 4) is 17.8 Å². The Morgan fingerprint density at radius 3 is 2.88 bits per heavy atom. The lowest BCUT2D eigenvalue weighted by molar-refractivity contribution is 0.437. The smallest absolute Gasteiger partial charge is 0.341 e. The van der Waals surface area contributed by atoms with Gasteiger partial charge in [0.25, 0.3) is 0 Å². The second kappa shape index (κ2) is 4.03. The van der Waals surface area contributed by atoms with Gasteiger partial charge in [0.1, 0.15) is 18.1 Å². The van der Waals surface area contributed by atoms with Gasteiger partial charge >= 0.3 is 6.01 Å². The molecule has 0 aliphatic heterocycles. The molecular weight excluding hydrogens is 204 g/mol. The molecule has 1 aromatic heterocycles. The van der Waals surface area contributed by atoms with Crippen LogP contribution in [-0.2, 0) is 7.05 Å². The second-order valence-electron chi connectivity index (χ2n) is 3.41. The summed E-state index contributed by atoms with van der Waals surface area (Å²) in [5.74, 6) is 0.480. The summed E-state index contributed by atoms with van der Waals surface area (Å²) in [7, 11) is 1.75.